The van der Waals surface area contributed by atoms with Gasteiger partial charge in [-0.15, -0.1) is 0 Å². The third-order valence-corrected chi connectivity index (χ3v) is 7.52. The summed E-state index contributed by atoms with van der Waals surface area (Å²) in [6.07, 6.45) is 1.80. The zero-order valence-electron chi connectivity index (χ0n) is 19.5. The number of nitrogens with zero attached hydrogens (tertiary/aromatic N) is 3. The number of pyridine rings is 1. The molecular weight excluding hydrogens is 515 g/mol. The maximum absolute atomic E-state index is 6.62. The molecule has 0 unspecified atom stereocenters. The minimum absolute atomic E-state index is 0.168. The van der Waals surface area contributed by atoms with Gasteiger partial charge in [-0.2, -0.15) is 0 Å². The lowest BCUT2D eigenvalue weighted by Gasteiger charge is -2.28. The molecule has 0 saturated carbocycles. The molecule has 1 fully saturated rings. The van der Waals surface area contributed by atoms with Crippen LogP contribution in [0.15, 0.2) is 66.9 Å². The lowest BCUT2D eigenvalue weighted by atomic mass is 9.96. The molecule has 4 heterocycles. The summed E-state index contributed by atoms with van der Waals surface area (Å²) in [4.78, 5) is 6.79. The maximum atomic E-state index is 6.62. The van der Waals surface area contributed by atoms with Crippen molar-refractivity contribution in [2.45, 2.75) is 25.9 Å². The molecule has 2 aromatic heterocycles. The summed E-state index contributed by atoms with van der Waals surface area (Å²) < 4.78 is 13.3. The molecule has 2 aliphatic heterocycles. The van der Waals surface area contributed by atoms with Crippen LogP contribution < -0.4 is 19.7 Å². The van der Waals surface area contributed by atoms with E-state index in [2.05, 4.69) is 39.7 Å². The first-order valence-electron chi connectivity index (χ1n) is 11.5. The molecule has 9 heteroatoms. The first kappa shape index (κ1) is 23.2. The van der Waals surface area contributed by atoms with E-state index in [1.807, 2.05) is 48.5 Å². The summed E-state index contributed by atoms with van der Waals surface area (Å²) in [6.45, 7) is 4.38. The van der Waals surface area contributed by atoms with Crippen LogP contribution in [0, 0.1) is 13.8 Å². The molecule has 0 aliphatic carbocycles. The Balaban J connectivity index is 1.52. The highest BCUT2D eigenvalue weighted by atomic mass is 35.5. The average Bonchev–Trinajstić information content (AvgIpc) is 3.55. The van der Waals surface area contributed by atoms with Crippen molar-refractivity contribution >= 4 is 46.2 Å². The van der Waals surface area contributed by atoms with Gasteiger partial charge >= 0.3 is 0 Å². The number of thiocarbonyl (C=S) groups is 1. The van der Waals surface area contributed by atoms with E-state index >= 15 is 0 Å². The van der Waals surface area contributed by atoms with Crippen molar-refractivity contribution in [3.63, 3.8) is 0 Å². The summed E-state index contributed by atoms with van der Waals surface area (Å²) in [6, 6.07) is 19.2. The topological polar surface area (TPSA) is 51.6 Å². The predicted molar refractivity (Wildman–Crippen MR) is 146 cm³/mol. The summed E-state index contributed by atoms with van der Waals surface area (Å²) in [7, 11) is 0. The number of hydrogen-bond acceptors (Lipinski definition) is 4. The minimum Gasteiger partial charge on any atom is -0.454 e. The Morgan fingerprint density at radius 3 is 2.61 bits per heavy atom. The lowest BCUT2D eigenvalue weighted by Crippen LogP contribution is -2.29. The van der Waals surface area contributed by atoms with Gasteiger partial charge in [-0.1, -0.05) is 29.3 Å². The van der Waals surface area contributed by atoms with E-state index in [1.54, 1.807) is 12.3 Å². The highest BCUT2D eigenvalue weighted by Crippen LogP contribution is 2.46. The maximum Gasteiger partial charge on any atom is 0.231 e. The Bertz CT molecular complexity index is 1490. The van der Waals surface area contributed by atoms with Crippen LogP contribution in [0.5, 0.6) is 11.5 Å². The minimum atomic E-state index is -0.168. The van der Waals surface area contributed by atoms with Crippen LogP contribution in [0.25, 0.3) is 5.69 Å². The van der Waals surface area contributed by atoms with Crippen molar-refractivity contribution < 1.29 is 9.47 Å². The van der Waals surface area contributed by atoms with E-state index < -0.39 is 0 Å². The molecule has 36 heavy (non-hydrogen) atoms. The highest BCUT2D eigenvalue weighted by Gasteiger charge is 2.42. The number of aryl methyl sites for hydroxylation is 1. The largest absolute Gasteiger partial charge is 0.454 e. The van der Waals surface area contributed by atoms with Crippen LogP contribution in [0.1, 0.15) is 34.7 Å². The monoisotopic (exact) mass is 536 g/mol. The van der Waals surface area contributed by atoms with E-state index in [0.717, 1.165) is 39.8 Å². The first-order valence-corrected chi connectivity index (χ1v) is 12.6. The third-order valence-electron chi connectivity index (χ3n) is 6.67. The second-order valence-electron chi connectivity index (χ2n) is 8.79. The number of rotatable bonds is 4. The van der Waals surface area contributed by atoms with Gasteiger partial charge < -0.3 is 24.3 Å². The van der Waals surface area contributed by atoms with Crippen molar-refractivity contribution in [2.75, 3.05) is 11.7 Å². The number of ether oxygens (including phenoxy) is 2. The van der Waals surface area contributed by atoms with Crippen molar-refractivity contribution in [1.29, 1.82) is 0 Å². The van der Waals surface area contributed by atoms with Gasteiger partial charge in [0.2, 0.25) is 6.79 Å². The lowest BCUT2D eigenvalue weighted by molar-refractivity contribution is 0.174. The molecule has 1 N–H and O–H groups in total. The Hall–Kier alpha value is -3.26. The molecule has 2 aromatic carbocycles. The molecule has 182 valence electrons. The number of benzene rings is 2. The average molecular weight is 537 g/mol. The van der Waals surface area contributed by atoms with E-state index in [0.29, 0.717) is 20.9 Å². The van der Waals surface area contributed by atoms with Gasteiger partial charge in [0.15, 0.2) is 16.6 Å². The number of anilines is 1. The van der Waals surface area contributed by atoms with E-state index in [-0.39, 0.29) is 18.9 Å². The predicted octanol–water partition coefficient (Wildman–Crippen LogP) is 6.70. The van der Waals surface area contributed by atoms with E-state index in [4.69, 9.17) is 44.9 Å². The second kappa shape index (κ2) is 9.00. The summed E-state index contributed by atoms with van der Waals surface area (Å²) in [5.41, 5.74) is 5.91. The number of fused-ring (bicyclic) bond motifs is 1. The second-order valence-corrected chi connectivity index (χ2v) is 10.0. The molecule has 2 aliphatic rings. The molecule has 2 atom stereocenters. The van der Waals surface area contributed by atoms with Gasteiger partial charge in [0.05, 0.1) is 28.5 Å². The molecule has 1 saturated heterocycles. The fourth-order valence-corrected chi connectivity index (χ4v) is 5.94. The van der Waals surface area contributed by atoms with Gasteiger partial charge in [0.1, 0.15) is 0 Å². The van der Waals surface area contributed by atoms with Crippen molar-refractivity contribution in [2.24, 2.45) is 0 Å². The molecule has 0 radical (unpaired) electrons. The van der Waals surface area contributed by atoms with Crippen LogP contribution >= 0.6 is 35.4 Å². The van der Waals surface area contributed by atoms with Gasteiger partial charge in [-0.3, -0.25) is 4.98 Å². The fourth-order valence-electron chi connectivity index (χ4n) is 5.10. The number of aromatic nitrogens is 2. The van der Waals surface area contributed by atoms with Gasteiger partial charge in [-0.25, -0.2) is 0 Å². The van der Waals surface area contributed by atoms with Crippen LogP contribution in [-0.4, -0.2) is 21.5 Å². The molecule has 0 amide bonds. The normalized spacial score (nSPS) is 18.6. The smallest absolute Gasteiger partial charge is 0.231 e. The SMILES string of the molecule is Cc1cc([C@@H]2[C@@H](c3ccccn3)NC(=S)N2c2ccc3c(c2)OCO3)c(C)n1-c1ccc(Cl)cc1Cl. The van der Waals surface area contributed by atoms with Crippen LogP contribution in [-0.2, 0) is 0 Å². The summed E-state index contributed by atoms with van der Waals surface area (Å²) in [5.74, 6) is 1.43. The van der Waals surface area contributed by atoms with E-state index in [9.17, 15) is 0 Å². The summed E-state index contributed by atoms with van der Waals surface area (Å²) in [5, 5.41) is 5.32. The van der Waals surface area contributed by atoms with Crippen molar-refractivity contribution in [3.05, 3.63) is 99.6 Å². The zero-order chi connectivity index (χ0) is 25.0. The van der Waals surface area contributed by atoms with Gasteiger partial charge in [0.25, 0.3) is 0 Å². The number of nitrogens with one attached hydrogen (secondary N) is 1. The Labute approximate surface area is 224 Å². The zero-order valence-corrected chi connectivity index (χ0v) is 21.9. The first-order chi connectivity index (χ1) is 17.4. The molecule has 0 bridgehead atoms. The summed E-state index contributed by atoms with van der Waals surface area (Å²) >= 11 is 18.7. The van der Waals surface area contributed by atoms with Gasteiger partial charge in [0, 0.05) is 34.4 Å². The Kier molecular flexibility index (Phi) is 5.79. The molecule has 0 spiro atoms. The van der Waals surface area contributed by atoms with E-state index in [1.165, 1.54) is 0 Å². The van der Waals surface area contributed by atoms with Crippen LogP contribution in [0.3, 0.4) is 0 Å². The quantitative estimate of drug-likeness (QED) is 0.293. The Morgan fingerprint density at radius 1 is 1.00 bits per heavy atom. The number of halogens is 2. The molecular formula is C27H22Cl2N4O2S. The van der Waals surface area contributed by atoms with Gasteiger partial charge in [-0.05, 0) is 80.2 Å². The molecule has 4 aromatic rings. The van der Waals surface area contributed by atoms with Crippen LogP contribution in [0.2, 0.25) is 10.0 Å². The molecule has 6 nitrogen and oxygen atoms in total. The number of hydrogen-bond donors (Lipinski definition) is 1. The highest BCUT2D eigenvalue weighted by molar-refractivity contribution is 7.80. The third kappa shape index (κ3) is 3.79. The van der Waals surface area contributed by atoms with Crippen LogP contribution in [0.4, 0.5) is 5.69 Å². The van der Waals surface area contributed by atoms with Crippen molar-refractivity contribution in [1.82, 2.24) is 14.9 Å². The molecule has 6 rings (SSSR count). The standard InChI is InChI=1S/C27H22Cl2N4O2S/c1-15-11-19(16(2)32(15)22-8-6-17(28)12-20(22)29)26-25(21-5-3-4-10-30-21)31-27(36)33(26)18-7-9-23-24(13-18)35-14-34-23/h3-13,25-26H,14H2,1-2H3,(H,31,36)/t25-,26-/m1/s1. The van der Waals surface area contributed by atoms with Crippen molar-refractivity contribution in [3.8, 4) is 17.2 Å². The fraction of sp³-hybridized carbons (Fsp3) is 0.185. The Morgan fingerprint density at radius 2 is 1.83 bits per heavy atom.